The van der Waals surface area contributed by atoms with Crippen LogP contribution in [0.15, 0.2) is 42.0 Å². The number of nitrogens with zero attached hydrogens (tertiary/aromatic N) is 1. The molecule has 90 valence electrons. The van der Waals surface area contributed by atoms with Crippen LogP contribution in [0.1, 0.15) is 29.3 Å². The summed E-state index contributed by atoms with van der Waals surface area (Å²) in [7, 11) is 0. The first kappa shape index (κ1) is 12.2. The summed E-state index contributed by atoms with van der Waals surface area (Å²) in [5.41, 5.74) is 4.02. The predicted molar refractivity (Wildman–Crippen MR) is 71.6 cm³/mol. The van der Waals surface area contributed by atoms with Crippen molar-refractivity contribution < 1.29 is 0 Å². The van der Waals surface area contributed by atoms with Gasteiger partial charge in [-0.15, -0.1) is 11.3 Å². The number of aryl methyl sites for hydroxylation is 1. The van der Waals surface area contributed by atoms with E-state index >= 15 is 0 Å². The average molecular weight is 247 g/mol. The fourth-order valence-corrected chi connectivity index (χ4v) is 2.61. The fraction of sp³-hybridized carbons (Fsp3) is 0.308. The average Bonchev–Trinajstić information content (AvgIpc) is 2.89. The molecule has 0 amide bonds. The molecule has 17 heavy (non-hydrogen) atoms. The number of aromatic nitrogens is 1. The Morgan fingerprint density at radius 3 is 2.94 bits per heavy atom. The van der Waals surface area contributed by atoms with Crippen LogP contribution in [0.25, 0.3) is 0 Å². The topological polar surface area (TPSA) is 50.9 Å². The molecule has 4 heteroatoms. The molecule has 1 unspecified atom stereocenters. The van der Waals surface area contributed by atoms with E-state index in [9.17, 15) is 0 Å². The molecule has 2 aromatic heterocycles. The Morgan fingerprint density at radius 1 is 1.35 bits per heavy atom. The van der Waals surface area contributed by atoms with Crippen LogP contribution in [-0.4, -0.2) is 4.98 Å². The van der Waals surface area contributed by atoms with E-state index in [0.717, 1.165) is 24.8 Å². The Labute approximate surface area is 106 Å². The van der Waals surface area contributed by atoms with Gasteiger partial charge in [-0.05, 0) is 42.3 Å². The Balaban J connectivity index is 1.84. The van der Waals surface area contributed by atoms with Gasteiger partial charge in [-0.3, -0.25) is 16.3 Å². The molecule has 2 rings (SSSR count). The highest BCUT2D eigenvalue weighted by molar-refractivity contribution is 7.09. The number of thiophene rings is 1. The van der Waals surface area contributed by atoms with Gasteiger partial charge in [0.1, 0.15) is 0 Å². The molecule has 0 aliphatic carbocycles. The highest BCUT2D eigenvalue weighted by Crippen LogP contribution is 2.19. The van der Waals surface area contributed by atoms with E-state index in [1.807, 2.05) is 23.6 Å². The molecule has 2 aromatic rings. The zero-order valence-electron chi connectivity index (χ0n) is 9.67. The molecule has 0 saturated heterocycles. The van der Waals surface area contributed by atoms with E-state index in [1.165, 1.54) is 4.88 Å². The van der Waals surface area contributed by atoms with Crippen LogP contribution in [0.3, 0.4) is 0 Å². The third-order valence-electron chi connectivity index (χ3n) is 2.78. The molecule has 0 aromatic carbocycles. The van der Waals surface area contributed by atoms with Crippen molar-refractivity contribution in [3.63, 3.8) is 0 Å². The number of nitrogens with one attached hydrogen (secondary N) is 1. The number of pyridine rings is 1. The molecule has 3 N–H and O–H groups in total. The van der Waals surface area contributed by atoms with Gasteiger partial charge in [0.05, 0.1) is 0 Å². The highest BCUT2D eigenvalue weighted by atomic mass is 32.1. The van der Waals surface area contributed by atoms with E-state index in [1.54, 1.807) is 6.20 Å². The second-order valence-electron chi connectivity index (χ2n) is 3.98. The minimum absolute atomic E-state index is 0.198. The lowest BCUT2D eigenvalue weighted by molar-refractivity contribution is 0.498. The first-order chi connectivity index (χ1) is 8.40. The molecular weight excluding hydrogens is 230 g/mol. The maximum Gasteiger partial charge on any atom is 0.0475 e. The van der Waals surface area contributed by atoms with E-state index < -0.39 is 0 Å². The zero-order valence-corrected chi connectivity index (χ0v) is 10.5. The summed E-state index contributed by atoms with van der Waals surface area (Å²) in [5.74, 6) is 5.59. The molecule has 0 aliphatic rings. The second kappa shape index (κ2) is 6.49. The van der Waals surface area contributed by atoms with Crippen LogP contribution in [0, 0.1) is 0 Å². The standard InChI is InChI=1S/C13H17N3S/c14-16-13(11-4-2-8-15-10-11)7-1-5-12-6-3-9-17-12/h2-4,6,8-10,13,16H,1,5,7,14H2. The van der Waals surface area contributed by atoms with E-state index in [2.05, 4.69) is 34.0 Å². The number of hydrogen-bond donors (Lipinski definition) is 2. The van der Waals surface area contributed by atoms with Crippen molar-refractivity contribution in [3.05, 3.63) is 52.5 Å². The van der Waals surface area contributed by atoms with Crippen molar-refractivity contribution in [2.45, 2.75) is 25.3 Å². The molecule has 0 radical (unpaired) electrons. The normalized spacial score (nSPS) is 12.5. The van der Waals surface area contributed by atoms with Crippen LogP contribution in [0.2, 0.25) is 0 Å². The number of rotatable bonds is 6. The van der Waals surface area contributed by atoms with E-state index in [4.69, 9.17) is 5.84 Å². The molecular formula is C13H17N3S. The quantitative estimate of drug-likeness (QED) is 0.609. The third kappa shape index (κ3) is 3.63. The molecule has 2 heterocycles. The van der Waals surface area contributed by atoms with Crippen LogP contribution >= 0.6 is 11.3 Å². The summed E-state index contributed by atoms with van der Waals surface area (Å²) in [5, 5.41) is 2.12. The maximum atomic E-state index is 5.59. The maximum absolute atomic E-state index is 5.59. The smallest absolute Gasteiger partial charge is 0.0475 e. The predicted octanol–water partition coefficient (Wildman–Crippen LogP) is 2.67. The molecule has 3 nitrogen and oxygen atoms in total. The molecule has 0 saturated carbocycles. The van der Waals surface area contributed by atoms with Crippen LogP contribution in [0.5, 0.6) is 0 Å². The first-order valence-corrected chi connectivity index (χ1v) is 6.66. The van der Waals surface area contributed by atoms with Crippen molar-refractivity contribution in [3.8, 4) is 0 Å². The lowest BCUT2D eigenvalue weighted by Gasteiger charge is -2.15. The van der Waals surface area contributed by atoms with E-state index in [0.29, 0.717) is 0 Å². The SMILES string of the molecule is NNC(CCCc1cccs1)c1cccnc1. The zero-order chi connectivity index (χ0) is 11.9. The van der Waals surface area contributed by atoms with Gasteiger partial charge in [0.25, 0.3) is 0 Å². The molecule has 0 spiro atoms. The van der Waals surface area contributed by atoms with Gasteiger partial charge in [-0.1, -0.05) is 12.1 Å². The third-order valence-corrected chi connectivity index (χ3v) is 3.72. The van der Waals surface area contributed by atoms with Crippen molar-refractivity contribution in [1.29, 1.82) is 0 Å². The Bertz CT molecular complexity index is 413. The monoisotopic (exact) mass is 247 g/mol. The Morgan fingerprint density at radius 2 is 2.29 bits per heavy atom. The van der Waals surface area contributed by atoms with Crippen LogP contribution < -0.4 is 11.3 Å². The number of hydrazine groups is 1. The number of hydrogen-bond acceptors (Lipinski definition) is 4. The molecule has 0 fully saturated rings. The lowest BCUT2D eigenvalue weighted by Crippen LogP contribution is -2.28. The minimum Gasteiger partial charge on any atom is -0.271 e. The van der Waals surface area contributed by atoms with Crippen molar-refractivity contribution in [2.75, 3.05) is 0 Å². The lowest BCUT2D eigenvalue weighted by atomic mass is 10.0. The highest BCUT2D eigenvalue weighted by Gasteiger charge is 2.09. The summed E-state index contributed by atoms with van der Waals surface area (Å²) in [6.45, 7) is 0. The van der Waals surface area contributed by atoms with Gasteiger partial charge in [-0.25, -0.2) is 0 Å². The second-order valence-corrected chi connectivity index (χ2v) is 5.01. The number of nitrogens with two attached hydrogens (primary N) is 1. The van der Waals surface area contributed by atoms with Crippen molar-refractivity contribution in [2.24, 2.45) is 5.84 Å². The summed E-state index contributed by atoms with van der Waals surface area (Å²) in [4.78, 5) is 5.56. The van der Waals surface area contributed by atoms with Gasteiger partial charge in [-0.2, -0.15) is 0 Å². The van der Waals surface area contributed by atoms with Crippen LogP contribution in [0.4, 0.5) is 0 Å². The van der Waals surface area contributed by atoms with Crippen molar-refractivity contribution in [1.82, 2.24) is 10.4 Å². The van der Waals surface area contributed by atoms with Crippen molar-refractivity contribution >= 4 is 11.3 Å². The minimum atomic E-state index is 0.198. The van der Waals surface area contributed by atoms with Gasteiger partial charge in [0.2, 0.25) is 0 Å². The van der Waals surface area contributed by atoms with Gasteiger partial charge in [0.15, 0.2) is 0 Å². The molecule has 0 aliphatic heterocycles. The van der Waals surface area contributed by atoms with Gasteiger partial charge < -0.3 is 0 Å². The summed E-state index contributed by atoms with van der Waals surface area (Å²) in [6, 6.07) is 8.48. The largest absolute Gasteiger partial charge is 0.271 e. The Hall–Kier alpha value is -1.23. The molecule has 1 atom stereocenters. The summed E-state index contributed by atoms with van der Waals surface area (Å²) < 4.78 is 0. The Kier molecular flexibility index (Phi) is 4.67. The van der Waals surface area contributed by atoms with E-state index in [-0.39, 0.29) is 6.04 Å². The van der Waals surface area contributed by atoms with Gasteiger partial charge >= 0.3 is 0 Å². The van der Waals surface area contributed by atoms with Gasteiger partial charge in [0, 0.05) is 23.3 Å². The molecule has 0 bridgehead atoms. The fourth-order valence-electron chi connectivity index (χ4n) is 1.86. The van der Waals surface area contributed by atoms with Crippen LogP contribution in [-0.2, 0) is 6.42 Å². The summed E-state index contributed by atoms with van der Waals surface area (Å²) in [6.07, 6.45) is 6.93. The first-order valence-electron chi connectivity index (χ1n) is 5.78. The summed E-state index contributed by atoms with van der Waals surface area (Å²) >= 11 is 1.81.